The van der Waals surface area contributed by atoms with E-state index in [9.17, 15) is 0 Å². The minimum atomic E-state index is 0.965. The van der Waals surface area contributed by atoms with Gasteiger partial charge in [0.05, 0.1) is 11.0 Å². The van der Waals surface area contributed by atoms with Gasteiger partial charge in [-0.3, -0.25) is 0 Å². The van der Waals surface area contributed by atoms with E-state index >= 15 is 0 Å². The maximum Gasteiger partial charge on any atom is 0.106 e. The minimum absolute atomic E-state index is 0.965. The standard InChI is InChI=1S/C12H16N2/c1-5-10-13-11-8(3)6-7(2)9(4)12(11)14-10/h6H,5H2,1-4H3,(H,13,14). The van der Waals surface area contributed by atoms with E-state index < -0.39 is 0 Å². The number of H-pyrrole nitrogens is 1. The molecule has 1 aromatic heterocycles. The number of benzene rings is 1. The second-order valence-electron chi connectivity index (χ2n) is 3.90. The first-order valence-electron chi connectivity index (χ1n) is 5.09. The van der Waals surface area contributed by atoms with Crippen LogP contribution in [0, 0.1) is 20.8 Å². The lowest BCUT2D eigenvalue weighted by atomic mass is 10.0. The topological polar surface area (TPSA) is 28.7 Å². The van der Waals surface area contributed by atoms with Crippen LogP contribution in [-0.4, -0.2) is 9.97 Å². The molecule has 0 aliphatic rings. The van der Waals surface area contributed by atoms with Crippen LogP contribution in [-0.2, 0) is 6.42 Å². The number of nitrogens with one attached hydrogen (secondary N) is 1. The van der Waals surface area contributed by atoms with Crippen LogP contribution in [0.5, 0.6) is 0 Å². The number of hydrogen-bond donors (Lipinski definition) is 1. The van der Waals surface area contributed by atoms with Gasteiger partial charge in [-0.2, -0.15) is 0 Å². The molecule has 2 aromatic rings. The molecule has 0 amide bonds. The molecule has 1 N–H and O–H groups in total. The van der Waals surface area contributed by atoms with Gasteiger partial charge in [-0.15, -0.1) is 0 Å². The second kappa shape index (κ2) is 3.12. The van der Waals surface area contributed by atoms with E-state index in [1.54, 1.807) is 0 Å². The van der Waals surface area contributed by atoms with Gasteiger partial charge in [0, 0.05) is 6.42 Å². The molecule has 74 valence electrons. The van der Waals surface area contributed by atoms with Gasteiger partial charge in [-0.25, -0.2) is 4.98 Å². The highest BCUT2D eigenvalue weighted by molar-refractivity contribution is 5.83. The molecule has 14 heavy (non-hydrogen) atoms. The van der Waals surface area contributed by atoms with E-state index in [0.717, 1.165) is 17.8 Å². The van der Waals surface area contributed by atoms with Gasteiger partial charge in [-0.05, 0) is 37.5 Å². The summed E-state index contributed by atoms with van der Waals surface area (Å²) >= 11 is 0. The SMILES string of the molecule is CCc1nc2c(C)cc(C)c(C)c2[nH]1. The average Bonchev–Trinajstić information content (AvgIpc) is 2.58. The fourth-order valence-corrected chi connectivity index (χ4v) is 1.84. The Hall–Kier alpha value is -1.31. The summed E-state index contributed by atoms with van der Waals surface area (Å²) in [7, 11) is 0. The molecule has 0 spiro atoms. The maximum atomic E-state index is 4.58. The highest BCUT2D eigenvalue weighted by atomic mass is 14.9. The largest absolute Gasteiger partial charge is 0.342 e. The van der Waals surface area contributed by atoms with Crippen molar-refractivity contribution >= 4 is 11.0 Å². The molecule has 0 unspecified atom stereocenters. The molecule has 0 fully saturated rings. The smallest absolute Gasteiger partial charge is 0.106 e. The number of imidazole rings is 1. The fraction of sp³-hybridized carbons (Fsp3) is 0.417. The summed E-state index contributed by atoms with van der Waals surface area (Å²) in [6.07, 6.45) is 0.965. The quantitative estimate of drug-likeness (QED) is 0.732. The van der Waals surface area contributed by atoms with E-state index in [0.29, 0.717) is 0 Å². The summed E-state index contributed by atoms with van der Waals surface area (Å²) in [5.74, 6) is 1.08. The van der Waals surface area contributed by atoms with Crippen molar-refractivity contribution in [2.75, 3.05) is 0 Å². The molecule has 0 atom stereocenters. The van der Waals surface area contributed by atoms with Crippen LogP contribution < -0.4 is 0 Å². The van der Waals surface area contributed by atoms with Crippen molar-refractivity contribution < 1.29 is 0 Å². The first kappa shape index (κ1) is 9.25. The van der Waals surface area contributed by atoms with Crippen molar-refractivity contribution in [3.8, 4) is 0 Å². The van der Waals surface area contributed by atoms with Gasteiger partial charge in [0.15, 0.2) is 0 Å². The molecule has 0 bridgehead atoms. The third-order valence-corrected chi connectivity index (χ3v) is 2.86. The predicted octanol–water partition coefficient (Wildman–Crippen LogP) is 3.05. The van der Waals surface area contributed by atoms with Gasteiger partial charge in [0.25, 0.3) is 0 Å². The van der Waals surface area contributed by atoms with E-state index in [1.165, 1.54) is 22.2 Å². The summed E-state index contributed by atoms with van der Waals surface area (Å²) < 4.78 is 0. The van der Waals surface area contributed by atoms with Crippen molar-refractivity contribution in [1.29, 1.82) is 0 Å². The van der Waals surface area contributed by atoms with Crippen LogP contribution in [0.25, 0.3) is 11.0 Å². The summed E-state index contributed by atoms with van der Waals surface area (Å²) in [6, 6.07) is 2.21. The zero-order valence-corrected chi connectivity index (χ0v) is 9.23. The first-order chi connectivity index (χ1) is 6.63. The Labute approximate surface area is 84.4 Å². The number of hydrogen-bond acceptors (Lipinski definition) is 1. The van der Waals surface area contributed by atoms with Crippen LogP contribution in [0.3, 0.4) is 0 Å². The van der Waals surface area contributed by atoms with Gasteiger partial charge < -0.3 is 4.98 Å². The van der Waals surface area contributed by atoms with Crippen molar-refractivity contribution in [2.45, 2.75) is 34.1 Å². The maximum absolute atomic E-state index is 4.58. The lowest BCUT2D eigenvalue weighted by molar-refractivity contribution is 0.999. The van der Waals surface area contributed by atoms with E-state index in [1.807, 2.05) is 0 Å². The summed E-state index contributed by atoms with van der Waals surface area (Å²) in [4.78, 5) is 7.96. The summed E-state index contributed by atoms with van der Waals surface area (Å²) in [5.41, 5.74) is 6.25. The third kappa shape index (κ3) is 1.22. The zero-order valence-electron chi connectivity index (χ0n) is 9.23. The lowest BCUT2D eigenvalue weighted by Gasteiger charge is -2.02. The average molecular weight is 188 g/mol. The molecule has 2 heteroatoms. The molecule has 1 aromatic carbocycles. The molecule has 0 aliphatic heterocycles. The Bertz CT molecular complexity index is 481. The Morgan fingerprint density at radius 3 is 2.57 bits per heavy atom. The lowest BCUT2D eigenvalue weighted by Crippen LogP contribution is -1.86. The van der Waals surface area contributed by atoms with Crippen molar-refractivity contribution in [3.63, 3.8) is 0 Å². The van der Waals surface area contributed by atoms with Crippen LogP contribution in [0.4, 0.5) is 0 Å². The Kier molecular flexibility index (Phi) is 2.06. The van der Waals surface area contributed by atoms with Crippen LogP contribution in [0.15, 0.2) is 6.07 Å². The van der Waals surface area contributed by atoms with Crippen molar-refractivity contribution in [2.24, 2.45) is 0 Å². The number of nitrogens with zero attached hydrogens (tertiary/aromatic N) is 1. The van der Waals surface area contributed by atoms with E-state index in [2.05, 4.69) is 43.7 Å². The molecule has 1 heterocycles. The van der Waals surface area contributed by atoms with Gasteiger partial charge >= 0.3 is 0 Å². The van der Waals surface area contributed by atoms with E-state index in [4.69, 9.17) is 0 Å². The molecular formula is C12H16N2. The van der Waals surface area contributed by atoms with Crippen molar-refractivity contribution in [1.82, 2.24) is 9.97 Å². The molecule has 2 rings (SSSR count). The number of aromatic nitrogens is 2. The zero-order chi connectivity index (χ0) is 10.3. The fourth-order valence-electron chi connectivity index (χ4n) is 1.84. The second-order valence-corrected chi connectivity index (χ2v) is 3.90. The molecule has 0 aliphatic carbocycles. The van der Waals surface area contributed by atoms with Gasteiger partial charge in [-0.1, -0.05) is 13.0 Å². The predicted molar refractivity (Wildman–Crippen MR) is 59.7 cm³/mol. The minimum Gasteiger partial charge on any atom is -0.342 e. The third-order valence-electron chi connectivity index (χ3n) is 2.86. The number of rotatable bonds is 1. The molecule has 0 saturated carbocycles. The van der Waals surface area contributed by atoms with E-state index in [-0.39, 0.29) is 0 Å². The number of fused-ring (bicyclic) bond motifs is 1. The first-order valence-corrected chi connectivity index (χ1v) is 5.09. The van der Waals surface area contributed by atoms with Crippen LogP contribution in [0.1, 0.15) is 29.4 Å². The molecule has 0 radical (unpaired) electrons. The van der Waals surface area contributed by atoms with Gasteiger partial charge in [0.1, 0.15) is 5.82 Å². The highest BCUT2D eigenvalue weighted by Gasteiger charge is 2.08. The molecular weight excluding hydrogens is 172 g/mol. The number of aromatic amines is 1. The monoisotopic (exact) mass is 188 g/mol. The van der Waals surface area contributed by atoms with Crippen LogP contribution >= 0.6 is 0 Å². The van der Waals surface area contributed by atoms with Gasteiger partial charge in [0.2, 0.25) is 0 Å². The van der Waals surface area contributed by atoms with Crippen molar-refractivity contribution in [3.05, 3.63) is 28.6 Å². The Balaban J connectivity index is 2.84. The molecule has 2 nitrogen and oxygen atoms in total. The van der Waals surface area contributed by atoms with Crippen LogP contribution in [0.2, 0.25) is 0 Å². The Morgan fingerprint density at radius 2 is 1.93 bits per heavy atom. The summed E-state index contributed by atoms with van der Waals surface area (Å²) in [5, 5.41) is 0. The number of aryl methyl sites for hydroxylation is 4. The highest BCUT2D eigenvalue weighted by Crippen LogP contribution is 2.23. The summed E-state index contributed by atoms with van der Waals surface area (Å²) in [6.45, 7) is 8.53. The normalized spacial score (nSPS) is 11.1. The molecule has 0 saturated heterocycles. The Morgan fingerprint density at radius 1 is 1.21 bits per heavy atom.